The van der Waals surface area contributed by atoms with Crippen LogP contribution in [0.2, 0.25) is 5.02 Å². The van der Waals surface area contributed by atoms with E-state index in [0.29, 0.717) is 41.8 Å². The number of likely N-dealkylation sites (tertiary alicyclic amines) is 1. The number of rotatable bonds is 4. The van der Waals surface area contributed by atoms with Gasteiger partial charge in [-0.25, -0.2) is 4.98 Å². The van der Waals surface area contributed by atoms with Crippen LogP contribution >= 0.6 is 27.5 Å². The second-order valence-electron chi connectivity index (χ2n) is 6.70. The third-order valence-corrected chi connectivity index (χ3v) is 5.96. The van der Waals surface area contributed by atoms with Crippen molar-refractivity contribution < 1.29 is 19.1 Å². The number of hydrogen-bond acceptors (Lipinski definition) is 5. The van der Waals surface area contributed by atoms with E-state index in [1.807, 2.05) is 0 Å². The van der Waals surface area contributed by atoms with Crippen molar-refractivity contribution in [3.05, 3.63) is 45.4 Å². The molecule has 8 nitrogen and oxygen atoms in total. The molecule has 2 heterocycles. The van der Waals surface area contributed by atoms with E-state index >= 15 is 0 Å². The third-order valence-electron chi connectivity index (χ3n) is 4.91. The van der Waals surface area contributed by atoms with Gasteiger partial charge in [0.25, 0.3) is 11.8 Å². The van der Waals surface area contributed by atoms with Crippen molar-refractivity contribution in [1.82, 2.24) is 14.5 Å². The molecule has 0 aliphatic carbocycles. The molecule has 1 saturated heterocycles. The molecular formula is C19H20BrClN4O4. The molecule has 1 aliphatic heterocycles. The van der Waals surface area contributed by atoms with Gasteiger partial charge in [-0.2, -0.15) is 0 Å². The standard InChI is InChI=1S/C19H20BrClN4O4/c1-24-15(20)10-22-16(24)17(26)23-12-3-4-13(14(21)9-12)18(27)25-7-5-11(6-8-25)19(28)29-2/h3-4,9-11H,5-8H2,1-2H3,(H,23,26). The molecule has 3 rings (SSSR count). The molecule has 0 bridgehead atoms. The average molecular weight is 484 g/mol. The smallest absolute Gasteiger partial charge is 0.308 e. The van der Waals surface area contributed by atoms with Gasteiger partial charge in [0.2, 0.25) is 0 Å². The zero-order chi connectivity index (χ0) is 21.1. The molecule has 1 fully saturated rings. The van der Waals surface area contributed by atoms with Gasteiger partial charge in [-0.05, 0) is 47.0 Å². The zero-order valence-electron chi connectivity index (χ0n) is 15.9. The summed E-state index contributed by atoms with van der Waals surface area (Å²) in [5, 5.41) is 2.96. The first kappa shape index (κ1) is 21.3. The SMILES string of the molecule is COC(=O)C1CCN(C(=O)c2ccc(NC(=O)c3ncc(Br)n3C)cc2Cl)CC1. The molecule has 0 saturated carbocycles. The largest absolute Gasteiger partial charge is 0.469 e. The van der Waals surface area contributed by atoms with Crippen LogP contribution in [0.1, 0.15) is 33.8 Å². The Morgan fingerprint density at radius 1 is 1.28 bits per heavy atom. The lowest BCUT2D eigenvalue weighted by Gasteiger charge is -2.31. The van der Waals surface area contributed by atoms with Crippen molar-refractivity contribution in [3.8, 4) is 0 Å². The van der Waals surface area contributed by atoms with Crippen LogP contribution in [0.25, 0.3) is 0 Å². The molecule has 1 aromatic heterocycles. The molecule has 0 atom stereocenters. The third kappa shape index (κ3) is 4.62. The Morgan fingerprint density at radius 2 is 1.97 bits per heavy atom. The minimum absolute atomic E-state index is 0.178. The monoisotopic (exact) mass is 482 g/mol. The van der Waals surface area contributed by atoms with E-state index < -0.39 is 5.91 Å². The first-order valence-electron chi connectivity index (χ1n) is 8.97. The number of anilines is 1. The molecule has 1 N–H and O–H groups in total. The molecular weight excluding hydrogens is 464 g/mol. The number of nitrogens with one attached hydrogen (secondary N) is 1. The Hall–Kier alpha value is -2.39. The zero-order valence-corrected chi connectivity index (χ0v) is 18.3. The fraction of sp³-hybridized carbons (Fsp3) is 0.368. The first-order valence-corrected chi connectivity index (χ1v) is 10.1. The van der Waals surface area contributed by atoms with Crippen LogP contribution in [-0.2, 0) is 16.6 Å². The van der Waals surface area contributed by atoms with Crippen molar-refractivity contribution in [2.24, 2.45) is 13.0 Å². The van der Waals surface area contributed by atoms with Crippen LogP contribution in [0.4, 0.5) is 5.69 Å². The van der Waals surface area contributed by atoms with Crippen LogP contribution < -0.4 is 5.32 Å². The summed E-state index contributed by atoms with van der Waals surface area (Å²) in [4.78, 5) is 42.5. The predicted octanol–water partition coefficient (Wildman–Crippen LogP) is 3.11. The Bertz CT molecular complexity index is 954. The molecule has 1 aliphatic rings. The molecule has 2 aromatic rings. The summed E-state index contributed by atoms with van der Waals surface area (Å²) in [6.07, 6.45) is 2.65. The van der Waals surface area contributed by atoms with Crippen LogP contribution in [0.15, 0.2) is 29.0 Å². The number of aromatic nitrogens is 2. The summed E-state index contributed by atoms with van der Waals surface area (Å²) in [6.45, 7) is 0.920. The highest BCUT2D eigenvalue weighted by atomic mass is 79.9. The number of esters is 1. The number of ether oxygens (including phenoxy) is 1. The van der Waals surface area contributed by atoms with Crippen LogP contribution in [0, 0.1) is 5.92 Å². The minimum atomic E-state index is -0.391. The lowest BCUT2D eigenvalue weighted by molar-refractivity contribution is -0.146. The second kappa shape index (κ2) is 8.96. The molecule has 0 radical (unpaired) electrons. The molecule has 29 heavy (non-hydrogen) atoms. The average Bonchev–Trinajstić information content (AvgIpc) is 3.06. The van der Waals surface area contributed by atoms with Gasteiger partial charge in [-0.3, -0.25) is 14.4 Å². The van der Waals surface area contributed by atoms with Gasteiger partial charge in [0, 0.05) is 25.8 Å². The second-order valence-corrected chi connectivity index (χ2v) is 7.92. The fourth-order valence-electron chi connectivity index (χ4n) is 3.21. The number of methoxy groups -OCH3 is 1. The Balaban J connectivity index is 1.66. The quantitative estimate of drug-likeness (QED) is 0.675. The molecule has 0 unspecified atom stereocenters. The normalized spacial score (nSPS) is 14.6. The summed E-state index contributed by atoms with van der Waals surface area (Å²) in [6, 6.07) is 4.74. The van der Waals surface area contributed by atoms with Crippen molar-refractivity contribution >= 4 is 51.0 Å². The van der Waals surface area contributed by atoms with Crippen LogP contribution in [0.5, 0.6) is 0 Å². The number of benzene rings is 1. The fourth-order valence-corrected chi connectivity index (χ4v) is 3.74. The molecule has 10 heteroatoms. The van der Waals surface area contributed by atoms with Gasteiger partial charge < -0.3 is 19.5 Å². The van der Waals surface area contributed by atoms with Crippen molar-refractivity contribution in [2.75, 3.05) is 25.5 Å². The van der Waals surface area contributed by atoms with E-state index in [1.54, 1.807) is 28.6 Å². The maximum atomic E-state index is 12.8. The summed E-state index contributed by atoms with van der Waals surface area (Å²) in [7, 11) is 3.08. The summed E-state index contributed by atoms with van der Waals surface area (Å²) < 4.78 is 7.05. The van der Waals surface area contributed by atoms with Gasteiger partial charge >= 0.3 is 5.97 Å². The van der Waals surface area contributed by atoms with E-state index in [2.05, 4.69) is 26.2 Å². The van der Waals surface area contributed by atoms with Crippen molar-refractivity contribution in [1.29, 1.82) is 0 Å². The Morgan fingerprint density at radius 3 is 2.52 bits per heavy atom. The number of halogens is 2. The number of piperidine rings is 1. The van der Waals surface area contributed by atoms with E-state index in [4.69, 9.17) is 16.3 Å². The Kier molecular flexibility index (Phi) is 6.59. The lowest BCUT2D eigenvalue weighted by atomic mass is 9.96. The van der Waals surface area contributed by atoms with Crippen molar-refractivity contribution in [3.63, 3.8) is 0 Å². The van der Waals surface area contributed by atoms with Crippen LogP contribution in [-0.4, -0.2) is 52.4 Å². The topological polar surface area (TPSA) is 93.5 Å². The van der Waals surface area contributed by atoms with Gasteiger partial charge in [-0.1, -0.05) is 11.6 Å². The predicted molar refractivity (Wildman–Crippen MR) is 111 cm³/mol. The van der Waals surface area contributed by atoms with E-state index in [-0.39, 0.29) is 28.6 Å². The number of hydrogen-bond donors (Lipinski definition) is 1. The molecule has 1 aromatic carbocycles. The minimum Gasteiger partial charge on any atom is -0.469 e. The number of carbonyl (C=O) groups is 3. The molecule has 2 amide bonds. The number of nitrogens with zero attached hydrogens (tertiary/aromatic N) is 3. The summed E-state index contributed by atoms with van der Waals surface area (Å²) in [5.74, 6) is -0.776. The first-order chi connectivity index (χ1) is 13.8. The highest BCUT2D eigenvalue weighted by molar-refractivity contribution is 9.10. The van der Waals surface area contributed by atoms with E-state index in [1.165, 1.54) is 19.4 Å². The van der Waals surface area contributed by atoms with Gasteiger partial charge in [0.05, 0.1) is 29.8 Å². The molecule has 0 spiro atoms. The Labute approximate surface area is 181 Å². The summed E-state index contributed by atoms with van der Waals surface area (Å²) >= 11 is 9.60. The number of carbonyl (C=O) groups excluding carboxylic acids is 3. The van der Waals surface area contributed by atoms with Gasteiger partial charge in [-0.15, -0.1) is 0 Å². The molecule has 154 valence electrons. The van der Waals surface area contributed by atoms with Crippen molar-refractivity contribution in [2.45, 2.75) is 12.8 Å². The van der Waals surface area contributed by atoms with Gasteiger partial charge in [0.1, 0.15) is 4.60 Å². The van der Waals surface area contributed by atoms with Crippen LogP contribution in [0.3, 0.4) is 0 Å². The maximum Gasteiger partial charge on any atom is 0.308 e. The number of imidazole rings is 1. The lowest BCUT2D eigenvalue weighted by Crippen LogP contribution is -2.40. The van der Waals surface area contributed by atoms with E-state index in [9.17, 15) is 14.4 Å². The highest BCUT2D eigenvalue weighted by Crippen LogP contribution is 2.26. The highest BCUT2D eigenvalue weighted by Gasteiger charge is 2.29. The van der Waals surface area contributed by atoms with E-state index in [0.717, 1.165) is 0 Å². The number of amides is 2. The maximum absolute atomic E-state index is 12.8. The summed E-state index contributed by atoms with van der Waals surface area (Å²) in [5.41, 5.74) is 0.806. The van der Waals surface area contributed by atoms with Gasteiger partial charge in [0.15, 0.2) is 5.82 Å².